The first-order valence-corrected chi connectivity index (χ1v) is 7.53. The number of amides is 2. The Morgan fingerprint density at radius 2 is 1.80 bits per heavy atom. The van der Waals surface area contributed by atoms with E-state index in [1.807, 2.05) is 11.9 Å². The van der Waals surface area contributed by atoms with E-state index in [-0.39, 0.29) is 6.03 Å². The van der Waals surface area contributed by atoms with Crippen LogP contribution in [-0.2, 0) is 4.79 Å². The first kappa shape index (κ1) is 15.1. The maximum atomic E-state index is 12.5. The van der Waals surface area contributed by atoms with Crippen molar-refractivity contribution in [2.75, 3.05) is 39.8 Å². The van der Waals surface area contributed by atoms with Gasteiger partial charge in [0.1, 0.15) is 0 Å². The van der Waals surface area contributed by atoms with E-state index in [2.05, 4.69) is 5.32 Å². The second-order valence-corrected chi connectivity index (χ2v) is 5.92. The van der Waals surface area contributed by atoms with E-state index in [9.17, 15) is 9.59 Å². The Bertz CT molecular complexity index is 360. The van der Waals surface area contributed by atoms with E-state index >= 15 is 0 Å². The molecule has 0 radical (unpaired) electrons. The maximum absolute atomic E-state index is 12.5. The molecule has 0 bridgehead atoms. The molecular formula is C14H25N3O3. The topological polar surface area (TPSA) is 72.9 Å². The van der Waals surface area contributed by atoms with E-state index < -0.39 is 11.9 Å². The van der Waals surface area contributed by atoms with Gasteiger partial charge < -0.3 is 20.2 Å². The van der Waals surface area contributed by atoms with Gasteiger partial charge in [0.05, 0.1) is 5.92 Å². The normalized spacial score (nSPS) is 27.4. The number of likely N-dealkylation sites (tertiary alicyclic amines) is 2. The average molecular weight is 283 g/mol. The van der Waals surface area contributed by atoms with Crippen LogP contribution < -0.4 is 5.32 Å². The molecule has 6 heteroatoms. The summed E-state index contributed by atoms with van der Waals surface area (Å²) in [7, 11) is 1.93. The molecule has 2 N–H and O–H groups in total. The van der Waals surface area contributed by atoms with Gasteiger partial charge in [0.2, 0.25) is 0 Å². The van der Waals surface area contributed by atoms with Gasteiger partial charge in [0, 0.05) is 26.2 Å². The van der Waals surface area contributed by atoms with Gasteiger partial charge in [0.15, 0.2) is 0 Å². The molecule has 0 aromatic heterocycles. The Hall–Kier alpha value is -1.30. The summed E-state index contributed by atoms with van der Waals surface area (Å²) in [5.41, 5.74) is 0. The lowest BCUT2D eigenvalue weighted by Gasteiger charge is -2.38. The number of hydrogen-bond donors (Lipinski definition) is 2. The number of piperidine rings is 2. The van der Waals surface area contributed by atoms with Gasteiger partial charge in [-0.05, 0) is 45.2 Å². The highest BCUT2D eigenvalue weighted by atomic mass is 16.4. The number of rotatable bonds is 3. The third kappa shape index (κ3) is 3.62. The number of carbonyl (C=O) groups excluding carboxylic acids is 1. The molecular weight excluding hydrogens is 258 g/mol. The molecule has 2 heterocycles. The molecule has 0 aliphatic carbocycles. The third-order valence-electron chi connectivity index (χ3n) is 4.32. The summed E-state index contributed by atoms with van der Waals surface area (Å²) in [5.74, 6) is -0.669. The Balaban J connectivity index is 1.91. The van der Waals surface area contributed by atoms with Crippen LogP contribution in [0, 0.1) is 11.8 Å². The van der Waals surface area contributed by atoms with Gasteiger partial charge in [-0.15, -0.1) is 0 Å². The molecule has 2 aliphatic rings. The van der Waals surface area contributed by atoms with Gasteiger partial charge >= 0.3 is 12.0 Å². The summed E-state index contributed by atoms with van der Waals surface area (Å²) in [6.45, 7) is 3.57. The lowest BCUT2D eigenvalue weighted by Crippen LogP contribution is -2.52. The minimum Gasteiger partial charge on any atom is -0.481 e. The van der Waals surface area contributed by atoms with Crippen LogP contribution in [0.15, 0.2) is 0 Å². The summed E-state index contributed by atoms with van der Waals surface area (Å²) in [6, 6.07) is 0.0248. The minimum atomic E-state index is -0.783. The molecule has 0 saturated carbocycles. The Labute approximate surface area is 120 Å². The number of hydrogen-bond acceptors (Lipinski definition) is 3. The van der Waals surface area contributed by atoms with Crippen LogP contribution in [0.5, 0.6) is 0 Å². The Kier molecular flexibility index (Phi) is 5.23. The van der Waals surface area contributed by atoms with Gasteiger partial charge in [0.25, 0.3) is 0 Å². The second-order valence-electron chi connectivity index (χ2n) is 5.92. The highest BCUT2D eigenvalue weighted by molar-refractivity contribution is 5.76. The fourth-order valence-corrected chi connectivity index (χ4v) is 3.25. The molecule has 1 unspecified atom stereocenters. The summed E-state index contributed by atoms with van der Waals surface area (Å²) in [6.07, 6.45) is 3.66. The SMILES string of the molecule is CNCC1CCCN(C(=O)N2CCC[C@@H](C(=O)O)C2)C1. The van der Waals surface area contributed by atoms with Crippen LogP contribution in [0.4, 0.5) is 4.79 Å². The third-order valence-corrected chi connectivity index (χ3v) is 4.32. The minimum absolute atomic E-state index is 0.0248. The monoisotopic (exact) mass is 283 g/mol. The van der Waals surface area contributed by atoms with Crippen molar-refractivity contribution in [1.82, 2.24) is 15.1 Å². The van der Waals surface area contributed by atoms with E-state index in [1.165, 1.54) is 0 Å². The summed E-state index contributed by atoms with van der Waals surface area (Å²) in [4.78, 5) is 27.2. The number of carbonyl (C=O) groups is 2. The molecule has 2 saturated heterocycles. The molecule has 2 aliphatic heterocycles. The molecule has 20 heavy (non-hydrogen) atoms. The van der Waals surface area contributed by atoms with E-state index in [1.54, 1.807) is 4.90 Å². The summed E-state index contributed by atoms with van der Waals surface area (Å²) in [5, 5.41) is 12.3. The van der Waals surface area contributed by atoms with Gasteiger partial charge in [-0.1, -0.05) is 0 Å². The van der Waals surface area contributed by atoms with Crippen molar-refractivity contribution < 1.29 is 14.7 Å². The van der Waals surface area contributed by atoms with Crippen molar-refractivity contribution in [3.8, 4) is 0 Å². The van der Waals surface area contributed by atoms with Crippen molar-refractivity contribution in [1.29, 1.82) is 0 Å². The molecule has 2 atom stereocenters. The first-order valence-electron chi connectivity index (χ1n) is 7.53. The lowest BCUT2D eigenvalue weighted by atomic mass is 9.97. The zero-order valence-corrected chi connectivity index (χ0v) is 12.2. The van der Waals surface area contributed by atoms with Crippen molar-refractivity contribution in [2.45, 2.75) is 25.7 Å². The van der Waals surface area contributed by atoms with Crippen molar-refractivity contribution in [3.63, 3.8) is 0 Å². The molecule has 2 rings (SSSR count). The zero-order valence-electron chi connectivity index (χ0n) is 12.2. The van der Waals surface area contributed by atoms with Crippen LogP contribution >= 0.6 is 0 Å². The number of aliphatic carboxylic acids is 1. The smallest absolute Gasteiger partial charge is 0.320 e. The predicted octanol–water partition coefficient (Wildman–Crippen LogP) is 0.834. The van der Waals surface area contributed by atoms with E-state index in [4.69, 9.17) is 5.11 Å². The summed E-state index contributed by atoms with van der Waals surface area (Å²) >= 11 is 0. The predicted molar refractivity (Wildman–Crippen MR) is 75.6 cm³/mol. The largest absolute Gasteiger partial charge is 0.481 e. The molecule has 6 nitrogen and oxygen atoms in total. The number of nitrogens with one attached hydrogen (secondary N) is 1. The van der Waals surface area contributed by atoms with Crippen LogP contribution in [0.3, 0.4) is 0 Å². The first-order chi connectivity index (χ1) is 9.61. The number of urea groups is 1. The van der Waals surface area contributed by atoms with Crippen LogP contribution in [0.25, 0.3) is 0 Å². The molecule has 0 aromatic rings. The Morgan fingerprint density at radius 1 is 1.15 bits per heavy atom. The standard InChI is InChI=1S/C14H25N3O3/c1-15-8-11-4-2-6-16(9-11)14(20)17-7-3-5-12(10-17)13(18)19/h11-12,15H,2-10H2,1H3,(H,18,19)/t11?,12-/m1/s1. The fourth-order valence-electron chi connectivity index (χ4n) is 3.25. The van der Waals surface area contributed by atoms with Crippen molar-refractivity contribution >= 4 is 12.0 Å². The van der Waals surface area contributed by atoms with Gasteiger partial charge in [-0.2, -0.15) is 0 Å². The van der Waals surface area contributed by atoms with Crippen molar-refractivity contribution in [2.24, 2.45) is 11.8 Å². The zero-order chi connectivity index (χ0) is 14.5. The Morgan fingerprint density at radius 3 is 2.45 bits per heavy atom. The quantitative estimate of drug-likeness (QED) is 0.805. The lowest BCUT2D eigenvalue weighted by molar-refractivity contribution is -0.143. The van der Waals surface area contributed by atoms with Gasteiger partial charge in [-0.3, -0.25) is 4.79 Å². The van der Waals surface area contributed by atoms with Crippen LogP contribution in [-0.4, -0.2) is 66.7 Å². The molecule has 114 valence electrons. The van der Waals surface area contributed by atoms with Gasteiger partial charge in [-0.25, -0.2) is 4.79 Å². The van der Waals surface area contributed by atoms with E-state index in [0.29, 0.717) is 25.4 Å². The highest BCUT2D eigenvalue weighted by Crippen LogP contribution is 2.21. The molecule has 0 spiro atoms. The second kappa shape index (κ2) is 6.92. The number of carboxylic acids is 1. The van der Waals surface area contributed by atoms with E-state index in [0.717, 1.165) is 38.9 Å². The van der Waals surface area contributed by atoms with Crippen LogP contribution in [0.2, 0.25) is 0 Å². The number of nitrogens with zero attached hydrogens (tertiary/aromatic N) is 2. The maximum Gasteiger partial charge on any atom is 0.320 e. The fraction of sp³-hybridized carbons (Fsp3) is 0.857. The average Bonchev–Trinajstić information content (AvgIpc) is 2.47. The summed E-state index contributed by atoms with van der Waals surface area (Å²) < 4.78 is 0. The molecule has 2 amide bonds. The molecule has 0 aromatic carbocycles. The number of carboxylic acid groups (broad SMARTS) is 1. The van der Waals surface area contributed by atoms with Crippen molar-refractivity contribution in [3.05, 3.63) is 0 Å². The van der Waals surface area contributed by atoms with Crippen LogP contribution in [0.1, 0.15) is 25.7 Å². The highest BCUT2D eigenvalue weighted by Gasteiger charge is 2.32. The molecule has 2 fully saturated rings.